The topological polar surface area (TPSA) is 90.1 Å². The maximum Gasteiger partial charge on any atom is 0.270 e. The Balaban J connectivity index is 2.27. The molecule has 8 heteroatoms. The summed E-state index contributed by atoms with van der Waals surface area (Å²) in [5.74, 6) is -0.441. The molecule has 0 unspecified atom stereocenters. The van der Waals surface area contributed by atoms with Crippen LogP contribution in [0.15, 0.2) is 35.1 Å². The molecule has 0 spiro atoms. The van der Waals surface area contributed by atoms with Crippen molar-refractivity contribution in [3.05, 3.63) is 50.7 Å². The zero-order valence-corrected chi connectivity index (χ0v) is 11.4. The number of amides is 1. The summed E-state index contributed by atoms with van der Waals surface area (Å²) >= 11 is 3.19. The molecule has 1 aromatic heterocycles. The highest BCUT2D eigenvalue weighted by molar-refractivity contribution is 9.10. The Hall–Kier alpha value is -2.22. The summed E-state index contributed by atoms with van der Waals surface area (Å²) in [7, 11) is 1.72. The minimum atomic E-state index is -0.548. The van der Waals surface area contributed by atoms with Crippen molar-refractivity contribution in [1.82, 2.24) is 9.78 Å². The lowest BCUT2D eigenvalue weighted by Gasteiger charge is -2.04. The Morgan fingerprint density at radius 1 is 1.53 bits per heavy atom. The number of aromatic nitrogens is 2. The number of nitro groups is 1. The Kier molecular flexibility index (Phi) is 3.61. The van der Waals surface area contributed by atoms with E-state index in [1.54, 1.807) is 13.2 Å². The highest BCUT2D eigenvalue weighted by Crippen LogP contribution is 2.23. The first-order valence-corrected chi connectivity index (χ1v) is 6.00. The second-order valence-corrected chi connectivity index (χ2v) is 4.63. The SMILES string of the molecule is Cn1cc(NC(=O)c2cc([N+](=O)[O-])ccc2Br)cn1. The van der Waals surface area contributed by atoms with Crippen molar-refractivity contribution in [2.45, 2.75) is 0 Å². The first kappa shape index (κ1) is 13.2. The first-order valence-electron chi connectivity index (χ1n) is 5.21. The normalized spacial score (nSPS) is 10.2. The third kappa shape index (κ3) is 2.97. The van der Waals surface area contributed by atoms with Gasteiger partial charge in [-0.25, -0.2) is 0 Å². The van der Waals surface area contributed by atoms with Crippen LogP contribution in [-0.4, -0.2) is 20.6 Å². The molecule has 1 N–H and O–H groups in total. The van der Waals surface area contributed by atoms with E-state index in [-0.39, 0.29) is 11.3 Å². The van der Waals surface area contributed by atoms with Crippen LogP contribution in [0.25, 0.3) is 0 Å². The molecule has 2 rings (SSSR count). The average molecular weight is 325 g/mol. The first-order chi connectivity index (χ1) is 8.97. The van der Waals surface area contributed by atoms with Gasteiger partial charge in [-0.05, 0) is 22.0 Å². The number of halogens is 1. The minimum absolute atomic E-state index is 0.139. The van der Waals surface area contributed by atoms with E-state index in [0.29, 0.717) is 10.2 Å². The number of nitrogens with one attached hydrogen (secondary N) is 1. The molecule has 7 nitrogen and oxygen atoms in total. The third-order valence-electron chi connectivity index (χ3n) is 2.37. The van der Waals surface area contributed by atoms with Gasteiger partial charge in [-0.15, -0.1) is 0 Å². The molecule has 0 bridgehead atoms. The largest absolute Gasteiger partial charge is 0.319 e. The monoisotopic (exact) mass is 324 g/mol. The van der Waals surface area contributed by atoms with Crippen molar-refractivity contribution in [2.24, 2.45) is 7.05 Å². The zero-order valence-electron chi connectivity index (χ0n) is 9.83. The van der Waals surface area contributed by atoms with E-state index in [1.165, 1.54) is 29.1 Å². The third-order valence-corrected chi connectivity index (χ3v) is 3.06. The quantitative estimate of drug-likeness (QED) is 0.693. The van der Waals surface area contributed by atoms with Crippen LogP contribution in [0.3, 0.4) is 0 Å². The molecule has 1 amide bonds. The van der Waals surface area contributed by atoms with Gasteiger partial charge < -0.3 is 5.32 Å². The van der Waals surface area contributed by atoms with Gasteiger partial charge in [0.25, 0.3) is 11.6 Å². The lowest BCUT2D eigenvalue weighted by molar-refractivity contribution is -0.384. The molecule has 1 aromatic carbocycles. The molecule has 0 aliphatic carbocycles. The van der Waals surface area contributed by atoms with Crippen LogP contribution in [0.5, 0.6) is 0 Å². The highest BCUT2D eigenvalue weighted by Gasteiger charge is 2.16. The number of rotatable bonds is 3. The standard InChI is InChI=1S/C11H9BrN4O3/c1-15-6-7(5-13-15)14-11(17)9-4-8(16(18)19)2-3-10(9)12/h2-6H,1H3,(H,14,17). The number of aryl methyl sites for hydroxylation is 1. The van der Waals surface area contributed by atoms with E-state index in [4.69, 9.17) is 0 Å². The fourth-order valence-electron chi connectivity index (χ4n) is 1.49. The Bertz CT molecular complexity index is 653. The van der Waals surface area contributed by atoms with Gasteiger partial charge >= 0.3 is 0 Å². The molecule has 19 heavy (non-hydrogen) atoms. The number of hydrogen-bond acceptors (Lipinski definition) is 4. The fourth-order valence-corrected chi connectivity index (χ4v) is 1.91. The van der Waals surface area contributed by atoms with E-state index in [2.05, 4.69) is 26.3 Å². The van der Waals surface area contributed by atoms with Gasteiger partial charge in [0.15, 0.2) is 0 Å². The van der Waals surface area contributed by atoms with Crippen LogP contribution in [0.4, 0.5) is 11.4 Å². The van der Waals surface area contributed by atoms with Gasteiger partial charge in [0, 0.05) is 29.8 Å². The summed E-state index contributed by atoms with van der Waals surface area (Å²) in [6.07, 6.45) is 3.12. The summed E-state index contributed by atoms with van der Waals surface area (Å²) in [6.45, 7) is 0. The van der Waals surface area contributed by atoms with Gasteiger partial charge in [0.1, 0.15) is 0 Å². The summed E-state index contributed by atoms with van der Waals surface area (Å²) in [4.78, 5) is 22.2. The van der Waals surface area contributed by atoms with Crippen LogP contribution in [0, 0.1) is 10.1 Å². The van der Waals surface area contributed by atoms with Crippen LogP contribution < -0.4 is 5.32 Å². The molecular weight excluding hydrogens is 316 g/mol. The van der Waals surface area contributed by atoms with Crippen molar-refractivity contribution in [3.8, 4) is 0 Å². The summed E-state index contributed by atoms with van der Waals surface area (Å²) in [5, 5.41) is 17.2. The van der Waals surface area contributed by atoms with Crippen molar-refractivity contribution >= 4 is 33.2 Å². The average Bonchev–Trinajstić information content (AvgIpc) is 2.74. The second-order valence-electron chi connectivity index (χ2n) is 3.78. The molecule has 0 aliphatic rings. The number of non-ortho nitro benzene ring substituents is 1. The molecular formula is C11H9BrN4O3. The van der Waals surface area contributed by atoms with Gasteiger partial charge in [0.2, 0.25) is 0 Å². The van der Waals surface area contributed by atoms with Crippen molar-refractivity contribution < 1.29 is 9.72 Å². The highest BCUT2D eigenvalue weighted by atomic mass is 79.9. The molecule has 1 heterocycles. The van der Waals surface area contributed by atoms with Gasteiger partial charge in [-0.3, -0.25) is 19.6 Å². The number of benzene rings is 1. The molecule has 0 aliphatic heterocycles. The van der Waals surface area contributed by atoms with Crippen molar-refractivity contribution in [3.63, 3.8) is 0 Å². The molecule has 0 atom stereocenters. The maximum absolute atomic E-state index is 12.0. The molecule has 0 fully saturated rings. The lowest BCUT2D eigenvalue weighted by Crippen LogP contribution is -2.12. The molecule has 0 saturated heterocycles. The number of hydrogen-bond donors (Lipinski definition) is 1. The van der Waals surface area contributed by atoms with E-state index < -0.39 is 10.8 Å². The number of nitrogens with zero attached hydrogens (tertiary/aromatic N) is 3. The number of carbonyl (C=O) groups is 1. The predicted octanol–water partition coefficient (Wildman–Crippen LogP) is 2.34. The lowest BCUT2D eigenvalue weighted by atomic mass is 10.2. The van der Waals surface area contributed by atoms with E-state index in [1.807, 2.05) is 0 Å². The molecule has 0 radical (unpaired) electrons. The Labute approximate surface area is 116 Å². The molecule has 0 saturated carbocycles. The van der Waals surface area contributed by atoms with Crippen LogP contribution in [0.1, 0.15) is 10.4 Å². The van der Waals surface area contributed by atoms with E-state index in [0.717, 1.165) is 0 Å². The fraction of sp³-hybridized carbons (Fsp3) is 0.0909. The summed E-state index contributed by atoms with van der Waals surface area (Å²) in [5.41, 5.74) is 0.573. The number of nitro benzene ring substituents is 1. The molecule has 98 valence electrons. The van der Waals surface area contributed by atoms with Crippen LogP contribution >= 0.6 is 15.9 Å². The number of anilines is 1. The smallest absolute Gasteiger partial charge is 0.270 e. The van der Waals surface area contributed by atoms with Gasteiger partial charge in [-0.2, -0.15) is 5.10 Å². The van der Waals surface area contributed by atoms with E-state index in [9.17, 15) is 14.9 Å². The van der Waals surface area contributed by atoms with Gasteiger partial charge in [-0.1, -0.05) is 0 Å². The van der Waals surface area contributed by atoms with Crippen LogP contribution in [-0.2, 0) is 7.05 Å². The van der Waals surface area contributed by atoms with Crippen molar-refractivity contribution in [2.75, 3.05) is 5.32 Å². The predicted molar refractivity (Wildman–Crippen MR) is 72.0 cm³/mol. The summed E-state index contributed by atoms with van der Waals surface area (Å²) < 4.78 is 2.03. The van der Waals surface area contributed by atoms with Gasteiger partial charge in [0.05, 0.1) is 22.4 Å². The minimum Gasteiger partial charge on any atom is -0.319 e. The van der Waals surface area contributed by atoms with Crippen LogP contribution in [0.2, 0.25) is 0 Å². The van der Waals surface area contributed by atoms with E-state index >= 15 is 0 Å². The maximum atomic E-state index is 12.0. The number of carbonyl (C=O) groups excluding carboxylic acids is 1. The molecule has 2 aromatic rings. The zero-order chi connectivity index (χ0) is 14.0. The Morgan fingerprint density at radius 3 is 2.84 bits per heavy atom. The summed E-state index contributed by atoms with van der Waals surface area (Å²) in [6, 6.07) is 4.01. The second kappa shape index (κ2) is 5.19. The van der Waals surface area contributed by atoms with Crippen molar-refractivity contribution in [1.29, 1.82) is 0 Å². The Morgan fingerprint density at radius 2 is 2.26 bits per heavy atom.